The Labute approximate surface area is 146 Å². The molecule has 6 nitrogen and oxygen atoms in total. The van der Waals surface area contributed by atoms with Gasteiger partial charge < -0.3 is 14.8 Å². The van der Waals surface area contributed by atoms with Gasteiger partial charge in [0.15, 0.2) is 0 Å². The van der Waals surface area contributed by atoms with Gasteiger partial charge in [-0.15, -0.1) is 0 Å². The average Bonchev–Trinajstić information content (AvgIpc) is 2.56. The van der Waals surface area contributed by atoms with Crippen molar-refractivity contribution in [3.05, 3.63) is 47.2 Å². The van der Waals surface area contributed by atoms with Crippen molar-refractivity contribution in [1.29, 1.82) is 0 Å². The van der Waals surface area contributed by atoms with Crippen LogP contribution in [-0.2, 0) is 4.79 Å². The number of ether oxygens (including phenoxy) is 2. The number of rotatable bonds is 6. The molecule has 128 valence electrons. The number of amides is 1. The third-order valence-corrected chi connectivity index (χ3v) is 3.79. The van der Waals surface area contributed by atoms with Gasteiger partial charge in [0.2, 0.25) is 5.91 Å². The van der Waals surface area contributed by atoms with E-state index in [1.165, 1.54) is 14.2 Å². The van der Waals surface area contributed by atoms with Crippen LogP contribution in [0.3, 0.4) is 0 Å². The first kappa shape index (κ1) is 18.0. The van der Waals surface area contributed by atoms with Crippen LogP contribution in [0.1, 0.15) is 11.6 Å². The number of halogens is 1. The highest BCUT2D eigenvalue weighted by Crippen LogP contribution is 2.36. The molecule has 0 aliphatic rings. The summed E-state index contributed by atoms with van der Waals surface area (Å²) in [5, 5.41) is 3.28. The number of methoxy groups -OCH3 is 2. The molecule has 2 aromatic rings. The molecule has 1 aromatic carbocycles. The maximum absolute atomic E-state index is 12.8. The maximum atomic E-state index is 12.8. The zero-order chi connectivity index (χ0) is 17.7. The Hall–Kier alpha value is -2.31. The summed E-state index contributed by atoms with van der Waals surface area (Å²) in [5.41, 5.74) is 1.28. The van der Waals surface area contributed by atoms with Crippen molar-refractivity contribution in [1.82, 2.24) is 9.88 Å². The predicted molar refractivity (Wildman–Crippen MR) is 93.9 cm³/mol. The highest BCUT2D eigenvalue weighted by atomic mass is 35.5. The van der Waals surface area contributed by atoms with Gasteiger partial charge in [0.1, 0.15) is 17.5 Å². The number of nitrogens with one attached hydrogen (secondary N) is 1. The van der Waals surface area contributed by atoms with E-state index in [0.717, 1.165) is 5.56 Å². The maximum Gasteiger partial charge on any atom is 0.246 e. The van der Waals surface area contributed by atoms with E-state index in [0.29, 0.717) is 22.2 Å². The lowest BCUT2D eigenvalue weighted by atomic mass is 10.1. The number of carbonyl (C=O) groups excluding carboxylic acids is 1. The van der Waals surface area contributed by atoms with Crippen molar-refractivity contribution in [2.75, 3.05) is 33.6 Å². The van der Waals surface area contributed by atoms with Crippen LogP contribution >= 0.6 is 11.6 Å². The molecule has 1 aromatic heterocycles. The molecular formula is C17H20ClN3O3. The summed E-state index contributed by atoms with van der Waals surface area (Å²) in [5.74, 6) is 0.698. The van der Waals surface area contributed by atoms with Crippen molar-refractivity contribution < 1.29 is 14.3 Å². The SMILES string of the molecule is COc1cc(NC(=O)C(c2cccnc2)N(C)C)c(OC)cc1Cl. The van der Waals surface area contributed by atoms with Gasteiger partial charge in [-0.1, -0.05) is 17.7 Å². The molecule has 0 aliphatic carbocycles. The Morgan fingerprint density at radius 3 is 2.50 bits per heavy atom. The van der Waals surface area contributed by atoms with E-state index in [1.54, 1.807) is 30.6 Å². The second kappa shape index (κ2) is 7.99. The van der Waals surface area contributed by atoms with Crippen molar-refractivity contribution in [2.24, 2.45) is 0 Å². The van der Waals surface area contributed by atoms with E-state index in [4.69, 9.17) is 21.1 Å². The fourth-order valence-corrected chi connectivity index (χ4v) is 2.61. The van der Waals surface area contributed by atoms with Crippen LogP contribution in [0.5, 0.6) is 11.5 Å². The molecule has 1 heterocycles. The van der Waals surface area contributed by atoms with Crippen LogP contribution in [-0.4, -0.2) is 44.1 Å². The Morgan fingerprint density at radius 1 is 1.25 bits per heavy atom. The van der Waals surface area contributed by atoms with Crippen molar-refractivity contribution in [2.45, 2.75) is 6.04 Å². The van der Waals surface area contributed by atoms with Crippen molar-refractivity contribution in [3.63, 3.8) is 0 Å². The zero-order valence-corrected chi connectivity index (χ0v) is 14.8. The largest absolute Gasteiger partial charge is 0.495 e. The molecule has 0 saturated carbocycles. The third kappa shape index (κ3) is 3.96. The Bertz CT molecular complexity index is 708. The van der Waals surface area contributed by atoms with Gasteiger partial charge in [0, 0.05) is 24.5 Å². The lowest BCUT2D eigenvalue weighted by Crippen LogP contribution is -2.32. The molecule has 7 heteroatoms. The Morgan fingerprint density at radius 2 is 1.96 bits per heavy atom. The molecule has 0 aliphatic heterocycles. The molecule has 0 spiro atoms. The van der Waals surface area contributed by atoms with E-state index in [-0.39, 0.29) is 5.91 Å². The smallest absolute Gasteiger partial charge is 0.246 e. The van der Waals surface area contributed by atoms with E-state index in [2.05, 4.69) is 10.3 Å². The van der Waals surface area contributed by atoms with Crippen LogP contribution in [0, 0.1) is 0 Å². The molecule has 2 rings (SSSR count). The number of likely N-dealkylation sites (N-methyl/N-ethyl adjacent to an activating group) is 1. The summed E-state index contributed by atoms with van der Waals surface area (Å²) < 4.78 is 10.5. The highest BCUT2D eigenvalue weighted by molar-refractivity contribution is 6.32. The number of pyridine rings is 1. The first-order valence-corrected chi connectivity index (χ1v) is 7.64. The first-order chi connectivity index (χ1) is 11.5. The van der Waals surface area contributed by atoms with Crippen LogP contribution in [0.15, 0.2) is 36.7 Å². The summed E-state index contributed by atoms with van der Waals surface area (Å²) in [6.45, 7) is 0. The fraction of sp³-hybridized carbons (Fsp3) is 0.294. The lowest BCUT2D eigenvalue weighted by molar-refractivity contribution is -0.120. The molecule has 1 amide bonds. The number of hydrogen-bond donors (Lipinski definition) is 1. The summed E-state index contributed by atoms with van der Waals surface area (Å²) in [7, 11) is 6.68. The number of nitrogens with zero attached hydrogens (tertiary/aromatic N) is 2. The predicted octanol–water partition coefficient (Wildman–Crippen LogP) is 2.99. The topological polar surface area (TPSA) is 63.7 Å². The van der Waals surface area contributed by atoms with Gasteiger partial charge in [0.25, 0.3) is 0 Å². The van der Waals surface area contributed by atoms with Crippen molar-refractivity contribution in [3.8, 4) is 11.5 Å². The highest BCUT2D eigenvalue weighted by Gasteiger charge is 2.24. The third-order valence-electron chi connectivity index (χ3n) is 3.50. The number of hydrogen-bond acceptors (Lipinski definition) is 5. The molecular weight excluding hydrogens is 330 g/mol. The lowest BCUT2D eigenvalue weighted by Gasteiger charge is -2.24. The minimum absolute atomic E-state index is 0.212. The van der Waals surface area contributed by atoms with Crippen molar-refractivity contribution >= 4 is 23.2 Å². The summed E-state index contributed by atoms with van der Waals surface area (Å²) >= 11 is 6.09. The van der Waals surface area contributed by atoms with Gasteiger partial charge in [-0.25, -0.2) is 0 Å². The summed E-state index contributed by atoms with van der Waals surface area (Å²) in [4.78, 5) is 18.7. The fourth-order valence-electron chi connectivity index (χ4n) is 2.38. The number of carbonyl (C=O) groups is 1. The van der Waals surface area contributed by atoms with Crippen LogP contribution in [0.4, 0.5) is 5.69 Å². The zero-order valence-electron chi connectivity index (χ0n) is 14.0. The average molecular weight is 350 g/mol. The molecule has 1 N–H and O–H groups in total. The quantitative estimate of drug-likeness (QED) is 0.868. The molecule has 24 heavy (non-hydrogen) atoms. The van der Waals surface area contributed by atoms with Gasteiger partial charge in [-0.2, -0.15) is 0 Å². The standard InChI is InChI=1S/C17H20ClN3O3/c1-21(2)16(11-6-5-7-19-10-11)17(22)20-13-9-14(23-3)12(18)8-15(13)24-4/h5-10,16H,1-4H3,(H,20,22). The van der Waals surface area contributed by atoms with Gasteiger partial charge >= 0.3 is 0 Å². The van der Waals surface area contributed by atoms with Crippen LogP contribution in [0.2, 0.25) is 5.02 Å². The van der Waals surface area contributed by atoms with E-state index >= 15 is 0 Å². The number of benzene rings is 1. The van der Waals surface area contributed by atoms with E-state index in [1.807, 2.05) is 25.1 Å². The summed E-state index contributed by atoms with van der Waals surface area (Å²) in [6.07, 6.45) is 3.34. The second-order valence-corrected chi connectivity index (χ2v) is 5.74. The van der Waals surface area contributed by atoms with Gasteiger partial charge in [-0.3, -0.25) is 14.7 Å². The minimum Gasteiger partial charge on any atom is -0.495 e. The number of anilines is 1. The second-order valence-electron chi connectivity index (χ2n) is 5.33. The molecule has 0 radical (unpaired) electrons. The van der Waals surface area contributed by atoms with Crippen LogP contribution < -0.4 is 14.8 Å². The molecule has 1 atom stereocenters. The molecule has 0 fully saturated rings. The van der Waals surface area contributed by atoms with Crippen LogP contribution in [0.25, 0.3) is 0 Å². The first-order valence-electron chi connectivity index (χ1n) is 7.26. The molecule has 0 saturated heterocycles. The minimum atomic E-state index is -0.495. The van der Waals surface area contributed by atoms with Gasteiger partial charge in [-0.05, 0) is 25.7 Å². The Kier molecular flexibility index (Phi) is 6.00. The number of aromatic nitrogens is 1. The molecule has 0 bridgehead atoms. The van der Waals surface area contributed by atoms with Gasteiger partial charge in [0.05, 0.1) is 24.9 Å². The Balaban J connectivity index is 2.33. The molecule has 1 unspecified atom stereocenters. The summed E-state index contributed by atoms with van der Waals surface area (Å²) in [6, 6.07) is 6.40. The normalized spacial score (nSPS) is 11.9. The van der Waals surface area contributed by atoms with E-state index < -0.39 is 6.04 Å². The van der Waals surface area contributed by atoms with E-state index in [9.17, 15) is 4.79 Å². The monoisotopic (exact) mass is 349 g/mol.